The largest absolute Gasteiger partial charge is 0.120 e. The zero-order valence-electron chi connectivity index (χ0n) is 12.3. The lowest BCUT2D eigenvalue weighted by Crippen LogP contribution is -2.23. The number of benzene rings is 3. The van der Waals surface area contributed by atoms with Crippen molar-refractivity contribution in [3.05, 3.63) is 90.5 Å². The van der Waals surface area contributed by atoms with E-state index in [2.05, 4.69) is 90.8 Å². The van der Waals surface area contributed by atoms with Gasteiger partial charge in [0, 0.05) is 6.42 Å². The third-order valence-corrected chi connectivity index (χ3v) is 6.10. The Morgan fingerprint density at radius 2 is 1.18 bits per heavy atom. The van der Waals surface area contributed by atoms with Gasteiger partial charge in [-0.25, -0.2) is 0 Å². The molecule has 3 rings (SSSR count). The molecule has 0 saturated heterocycles. The van der Waals surface area contributed by atoms with Crippen LogP contribution in [0.2, 0.25) is 0 Å². The molecular formula is C21H17P. The Labute approximate surface area is 133 Å². The molecule has 0 amide bonds. The quantitative estimate of drug-likeness (QED) is 0.510. The molecule has 0 unspecified atom stereocenters. The summed E-state index contributed by atoms with van der Waals surface area (Å²) in [4.78, 5) is 0. The Bertz CT molecular complexity index is 730. The summed E-state index contributed by atoms with van der Waals surface area (Å²) in [5.74, 6) is 2.79. The lowest BCUT2D eigenvalue weighted by Gasteiger charge is -2.21. The number of rotatable bonds is 4. The first-order valence-corrected chi connectivity index (χ1v) is 8.66. The SMILES string of the molecule is C#CCc1ccccc1P(c1ccccc1)c1ccccc1. The van der Waals surface area contributed by atoms with E-state index in [0.29, 0.717) is 6.42 Å². The van der Waals surface area contributed by atoms with Crippen LogP contribution in [0.15, 0.2) is 84.9 Å². The van der Waals surface area contributed by atoms with E-state index in [-0.39, 0.29) is 0 Å². The van der Waals surface area contributed by atoms with E-state index in [1.807, 2.05) is 0 Å². The van der Waals surface area contributed by atoms with Gasteiger partial charge in [-0.1, -0.05) is 84.9 Å². The molecule has 0 aromatic heterocycles. The summed E-state index contributed by atoms with van der Waals surface area (Å²) >= 11 is 0. The topological polar surface area (TPSA) is 0 Å². The maximum atomic E-state index is 5.56. The smallest absolute Gasteiger partial charge is 0.0344 e. The standard InChI is InChI=1S/C21H17P/c1-2-11-18-12-9-10-17-21(18)22(19-13-5-3-6-14-19)20-15-7-4-8-16-20/h1,3-10,12-17H,11H2. The summed E-state index contributed by atoms with van der Waals surface area (Å²) in [5, 5.41) is 4.06. The van der Waals surface area contributed by atoms with Crippen molar-refractivity contribution in [3.63, 3.8) is 0 Å². The molecular weight excluding hydrogens is 283 g/mol. The minimum atomic E-state index is -0.574. The molecule has 0 aliphatic heterocycles. The molecule has 0 nitrogen and oxygen atoms in total. The van der Waals surface area contributed by atoms with Crippen molar-refractivity contribution < 1.29 is 0 Å². The highest BCUT2D eigenvalue weighted by molar-refractivity contribution is 7.79. The van der Waals surface area contributed by atoms with Crippen LogP contribution in [0, 0.1) is 12.3 Å². The Hall–Kier alpha value is -2.35. The molecule has 22 heavy (non-hydrogen) atoms. The Morgan fingerprint density at radius 1 is 0.682 bits per heavy atom. The van der Waals surface area contributed by atoms with E-state index < -0.39 is 7.92 Å². The molecule has 3 aromatic rings. The summed E-state index contributed by atoms with van der Waals surface area (Å²) in [6.45, 7) is 0. The summed E-state index contributed by atoms with van der Waals surface area (Å²) in [7, 11) is -0.574. The van der Waals surface area contributed by atoms with Crippen LogP contribution < -0.4 is 15.9 Å². The van der Waals surface area contributed by atoms with Gasteiger partial charge in [-0.05, 0) is 29.4 Å². The van der Waals surface area contributed by atoms with E-state index >= 15 is 0 Å². The second kappa shape index (κ2) is 7.08. The Morgan fingerprint density at radius 3 is 1.73 bits per heavy atom. The molecule has 0 aliphatic carbocycles. The van der Waals surface area contributed by atoms with Crippen LogP contribution in [-0.4, -0.2) is 0 Å². The van der Waals surface area contributed by atoms with Crippen molar-refractivity contribution in [2.24, 2.45) is 0 Å². The number of hydrogen-bond acceptors (Lipinski definition) is 0. The average Bonchev–Trinajstić information content (AvgIpc) is 2.59. The first kappa shape index (κ1) is 14.6. The van der Waals surface area contributed by atoms with Gasteiger partial charge in [0.05, 0.1) is 0 Å². The minimum Gasteiger partial charge on any atom is -0.120 e. The maximum Gasteiger partial charge on any atom is 0.0344 e. The number of terminal acetylenes is 1. The van der Waals surface area contributed by atoms with Gasteiger partial charge < -0.3 is 0 Å². The molecule has 0 fully saturated rings. The van der Waals surface area contributed by atoms with E-state index in [4.69, 9.17) is 6.42 Å². The van der Waals surface area contributed by atoms with E-state index in [1.165, 1.54) is 21.5 Å². The Balaban J connectivity index is 2.17. The van der Waals surface area contributed by atoms with Gasteiger partial charge in [0.15, 0.2) is 0 Å². The van der Waals surface area contributed by atoms with Gasteiger partial charge in [0.25, 0.3) is 0 Å². The van der Waals surface area contributed by atoms with Crippen LogP contribution in [0.25, 0.3) is 0 Å². The van der Waals surface area contributed by atoms with Crippen molar-refractivity contribution in [1.82, 2.24) is 0 Å². The predicted octanol–water partition coefficient (Wildman–Crippen LogP) is 3.62. The average molecular weight is 300 g/mol. The summed E-state index contributed by atoms with van der Waals surface area (Å²) in [5.41, 5.74) is 1.25. The molecule has 1 heteroatoms. The van der Waals surface area contributed by atoms with E-state index in [0.717, 1.165) is 0 Å². The van der Waals surface area contributed by atoms with Crippen LogP contribution in [-0.2, 0) is 6.42 Å². The first-order valence-electron chi connectivity index (χ1n) is 7.32. The van der Waals surface area contributed by atoms with E-state index in [1.54, 1.807) is 0 Å². The molecule has 0 heterocycles. The minimum absolute atomic E-state index is 0.574. The van der Waals surface area contributed by atoms with Gasteiger partial charge in [-0.3, -0.25) is 0 Å². The molecule has 0 radical (unpaired) electrons. The summed E-state index contributed by atoms with van der Waals surface area (Å²) < 4.78 is 0. The first-order chi connectivity index (χ1) is 10.9. The highest BCUT2D eigenvalue weighted by Crippen LogP contribution is 2.33. The molecule has 0 N–H and O–H groups in total. The molecule has 0 spiro atoms. The van der Waals surface area contributed by atoms with Gasteiger partial charge in [0.1, 0.15) is 0 Å². The van der Waals surface area contributed by atoms with Crippen molar-refractivity contribution in [2.75, 3.05) is 0 Å². The third kappa shape index (κ3) is 3.11. The molecule has 0 bridgehead atoms. The zero-order valence-corrected chi connectivity index (χ0v) is 13.2. The second-order valence-corrected chi connectivity index (χ2v) is 7.20. The molecule has 3 aromatic carbocycles. The van der Waals surface area contributed by atoms with Crippen molar-refractivity contribution in [1.29, 1.82) is 0 Å². The third-order valence-electron chi connectivity index (χ3n) is 3.55. The van der Waals surface area contributed by atoms with Crippen LogP contribution in [0.1, 0.15) is 5.56 Å². The predicted molar refractivity (Wildman–Crippen MR) is 97.7 cm³/mol. The van der Waals surface area contributed by atoms with Gasteiger partial charge >= 0.3 is 0 Å². The normalized spacial score (nSPS) is 10.4. The lowest BCUT2D eigenvalue weighted by atomic mass is 10.2. The van der Waals surface area contributed by atoms with Gasteiger partial charge in [-0.15, -0.1) is 12.3 Å². The second-order valence-electron chi connectivity index (χ2n) is 5.02. The highest BCUT2D eigenvalue weighted by Gasteiger charge is 2.18. The molecule has 0 aliphatic rings. The van der Waals surface area contributed by atoms with Crippen LogP contribution in [0.4, 0.5) is 0 Å². The summed E-state index contributed by atoms with van der Waals surface area (Å²) in [6, 6.07) is 30.0. The molecule has 106 valence electrons. The molecule has 0 atom stereocenters. The van der Waals surface area contributed by atoms with Crippen LogP contribution in [0.5, 0.6) is 0 Å². The zero-order chi connectivity index (χ0) is 15.2. The fraction of sp³-hybridized carbons (Fsp3) is 0.0476. The lowest BCUT2D eigenvalue weighted by molar-refractivity contribution is 1.35. The molecule has 0 saturated carbocycles. The maximum absolute atomic E-state index is 5.56. The summed E-state index contributed by atoms with van der Waals surface area (Å²) in [6.07, 6.45) is 6.24. The monoisotopic (exact) mass is 300 g/mol. The van der Waals surface area contributed by atoms with Crippen molar-refractivity contribution in [2.45, 2.75) is 6.42 Å². The fourth-order valence-corrected chi connectivity index (χ4v) is 5.04. The highest BCUT2D eigenvalue weighted by atomic mass is 31.1. The van der Waals surface area contributed by atoms with Crippen LogP contribution in [0.3, 0.4) is 0 Å². The van der Waals surface area contributed by atoms with Crippen LogP contribution >= 0.6 is 7.92 Å². The Kier molecular flexibility index (Phi) is 4.69. The van der Waals surface area contributed by atoms with Crippen molar-refractivity contribution in [3.8, 4) is 12.3 Å². The van der Waals surface area contributed by atoms with E-state index in [9.17, 15) is 0 Å². The number of hydrogen-bond donors (Lipinski definition) is 0. The van der Waals surface area contributed by atoms with Gasteiger partial charge in [-0.2, -0.15) is 0 Å². The van der Waals surface area contributed by atoms with Gasteiger partial charge in [0.2, 0.25) is 0 Å². The fourth-order valence-electron chi connectivity index (χ4n) is 2.57. The van der Waals surface area contributed by atoms with Crippen molar-refractivity contribution >= 4 is 23.8 Å².